The third-order valence-electron chi connectivity index (χ3n) is 1.60. The number of carbonyl (C=O) groups is 1. The Balaban J connectivity index is 2.65. The molecule has 0 bridgehead atoms. The van der Waals surface area contributed by atoms with Gasteiger partial charge in [-0.2, -0.15) is 0 Å². The molecule has 0 aromatic heterocycles. The average molecular weight is 269 g/mol. The van der Waals surface area contributed by atoms with Crippen molar-refractivity contribution in [2.75, 3.05) is 5.32 Å². The number of rotatable bonds is 2. The topological polar surface area (TPSA) is 49.3 Å². The lowest BCUT2D eigenvalue weighted by Gasteiger charge is -2.17. The number of para-hydroxylation sites is 1. The Morgan fingerprint density at radius 1 is 1.27 bits per heavy atom. The van der Waals surface area contributed by atoms with E-state index < -0.39 is 15.8 Å². The van der Waals surface area contributed by atoms with Gasteiger partial charge in [-0.25, -0.2) is 0 Å². The highest BCUT2D eigenvalue weighted by atomic mass is 35.6. The molecule has 15 heavy (non-hydrogen) atoms. The van der Waals surface area contributed by atoms with E-state index in [2.05, 4.69) is 5.32 Å². The molecule has 1 atom stereocenters. The highest BCUT2D eigenvalue weighted by Gasteiger charge is 2.36. The molecule has 0 aliphatic heterocycles. The molecule has 0 saturated carbocycles. The third kappa shape index (κ3) is 3.87. The van der Waals surface area contributed by atoms with Crippen molar-refractivity contribution in [2.24, 2.45) is 0 Å². The second-order valence-corrected chi connectivity index (χ2v) is 5.17. The van der Waals surface area contributed by atoms with Crippen LogP contribution in [0.5, 0.6) is 0 Å². The fraction of sp³-hybridized carbons (Fsp3) is 0.222. The molecule has 1 amide bonds. The van der Waals surface area contributed by atoms with Crippen LogP contribution in [0.25, 0.3) is 0 Å². The van der Waals surface area contributed by atoms with E-state index in [-0.39, 0.29) is 0 Å². The van der Waals surface area contributed by atoms with Crippen LogP contribution in [0.3, 0.4) is 0 Å². The molecule has 1 aromatic rings. The van der Waals surface area contributed by atoms with Crippen LogP contribution < -0.4 is 5.32 Å². The van der Waals surface area contributed by atoms with Crippen molar-refractivity contribution in [3.63, 3.8) is 0 Å². The van der Waals surface area contributed by atoms with Crippen LogP contribution in [-0.4, -0.2) is 20.9 Å². The lowest BCUT2D eigenvalue weighted by molar-refractivity contribution is -0.123. The van der Waals surface area contributed by atoms with Crippen LogP contribution >= 0.6 is 34.8 Å². The number of alkyl halides is 3. The summed E-state index contributed by atoms with van der Waals surface area (Å²) in [7, 11) is 0. The van der Waals surface area contributed by atoms with Gasteiger partial charge in [-0.1, -0.05) is 53.0 Å². The fourth-order valence-corrected chi connectivity index (χ4v) is 1.18. The van der Waals surface area contributed by atoms with Gasteiger partial charge < -0.3 is 10.4 Å². The van der Waals surface area contributed by atoms with Crippen molar-refractivity contribution >= 4 is 46.4 Å². The van der Waals surface area contributed by atoms with Crippen LogP contribution in [0, 0.1) is 0 Å². The highest BCUT2D eigenvalue weighted by molar-refractivity contribution is 6.68. The fourth-order valence-electron chi connectivity index (χ4n) is 0.881. The van der Waals surface area contributed by atoms with Gasteiger partial charge in [0.25, 0.3) is 5.91 Å². The van der Waals surface area contributed by atoms with Crippen LogP contribution in [0.1, 0.15) is 0 Å². The standard InChI is InChI=1S/C9H8Cl3NO2/c10-9(11,12)7(14)8(15)13-6-4-2-1-3-5-6/h1-5,7,14H,(H,13,15). The van der Waals surface area contributed by atoms with Gasteiger partial charge >= 0.3 is 0 Å². The van der Waals surface area contributed by atoms with Crippen molar-refractivity contribution in [3.05, 3.63) is 30.3 Å². The summed E-state index contributed by atoms with van der Waals surface area (Å²) in [6.07, 6.45) is -1.71. The minimum atomic E-state index is -2.03. The number of aliphatic hydroxyl groups excluding tert-OH is 1. The number of nitrogens with one attached hydrogen (secondary N) is 1. The van der Waals surface area contributed by atoms with Gasteiger partial charge in [0, 0.05) is 5.69 Å². The zero-order valence-corrected chi connectivity index (χ0v) is 9.72. The Kier molecular flexibility index (Phi) is 4.22. The van der Waals surface area contributed by atoms with Crippen LogP contribution in [0.2, 0.25) is 0 Å². The predicted octanol–water partition coefficient (Wildman–Crippen LogP) is 2.36. The third-order valence-corrected chi connectivity index (χ3v) is 2.22. The van der Waals surface area contributed by atoms with Gasteiger partial charge in [-0.15, -0.1) is 0 Å². The average Bonchev–Trinajstić information content (AvgIpc) is 2.16. The monoisotopic (exact) mass is 267 g/mol. The van der Waals surface area contributed by atoms with E-state index in [9.17, 15) is 9.90 Å². The lowest BCUT2D eigenvalue weighted by atomic mass is 10.3. The summed E-state index contributed by atoms with van der Waals surface area (Å²) in [5, 5.41) is 11.7. The maximum Gasteiger partial charge on any atom is 0.257 e. The van der Waals surface area contributed by atoms with E-state index in [0.29, 0.717) is 5.69 Å². The molecule has 0 saturated heterocycles. The molecule has 1 aromatic carbocycles. The molecular formula is C9H8Cl3NO2. The number of anilines is 1. The Hall–Kier alpha value is -0.480. The SMILES string of the molecule is O=C(Nc1ccccc1)C(O)C(Cl)(Cl)Cl. The number of hydrogen-bond acceptors (Lipinski definition) is 2. The first-order chi connectivity index (χ1) is 6.91. The van der Waals surface area contributed by atoms with Crippen molar-refractivity contribution in [2.45, 2.75) is 9.90 Å². The van der Waals surface area contributed by atoms with Crippen molar-refractivity contribution in [3.8, 4) is 0 Å². The molecular weight excluding hydrogens is 260 g/mol. The summed E-state index contributed by atoms with van der Waals surface area (Å²) in [6, 6.07) is 8.57. The van der Waals surface area contributed by atoms with Gasteiger partial charge in [0.1, 0.15) is 0 Å². The summed E-state index contributed by atoms with van der Waals surface area (Å²) in [5.74, 6) is -0.763. The number of carbonyl (C=O) groups excluding carboxylic acids is 1. The first-order valence-electron chi connectivity index (χ1n) is 4.02. The molecule has 0 heterocycles. The van der Waals surface area contributed by atoms with Crippen LogP contribution in [0.4, 0.5) is 5.69 Å². The maximum absolute atomic E-state index is 11.3. The van der Waals surface area contributed by atoms with Crippen molar-refractivity contribution < 1.29 is 9.90 Å². The Morgan fingerprint density at radius 3 is 2.27 bits per heavy atom. The van der Waals surface area contributed by atoms with Crippen molar-refractivity contribution in [1.82, 2.24) is 0 Å². The van der Waals surface area contributed by atoms with Crippen LogP contribution in [0.15, 0.2) is 30.3 Å². The van der Waals surface area contributed by atoms with E-state index in [1.807, 2.05) is 0 Å². The first-order valence-corrected chi connectivity index (χ1v) is 5.15. The molecule has 6 heteroatoms. The summed E-state index contributed by atoms with van der Waals surface area (Å²) in [4.78, 5) is 11.3. The quantitative estimate of drug-likeness (QED) is 0.809. The van der Waals surface area contributed by atoms with Gasteiger partial charge in [0.05, 0.1) is 0 Å². The van der Waals surface area contributed by atoms with E-state index in [1.165, 1.54) is 0 Å². The zero-order valence-electron chi connectivity index (χ0n) is 7.45. The molecule has 82 valence electrons. The predicted molar refractivity (Wildman–Crippen MR) is 61.4 cm³/mol. The van der Waals surface area contributed by atoms with E-state index in [1.54, 1.807) is 30.3 Å². The lowest BCUT2D eigenvalue weighted by Crippen LogP contribution is -2.38. The summed E-state index contributed by atoms with van der Waals surface area (Å²) >= 11 is 16.1. The molecule has 0 aliphatic carbocycles. The Bertz CT molecular complexity index is 337. The molecule has 0 radical (unpaired) electrons. The highest BCUT2D eigenvalue weighted by Crippen LogP contribution is 2.30. The van der Waals surface area contributed by atoms with E-state index in [0.717, 1.165) is 0 Å². The van der Waals surface area contributed by atoms with E-state index in [4.69, 9.17) is 34.8 Å². The molecule has 0 spiro atoms. The Labute approximate surface area is 102 Å². The smallest absolute Gasteiger partial charge is 0.257 e. The first kappa shape index (κ1) is 12.6. The largest absolute Gasteiger partial charge is 0.379 e. The number of hydrogen-bond donors (Lipinski definition) is 2. The Morgan fingerprint density at radius 2 is 1.80 bits per heavy atom. The summed E-state index contributed by atoms with van der Waals surface area (Å²) < 4.78 is -2.03. The zero-order chi connectivity index (χ0) is 11.5. The van der Waals surface area contributed by atoms with E-state index >= 15 is 0 Å². The van der Waals surface area contributed by atoms with Gasteiger partial charge in [0.15, 0.2) is 6.10 Å². The molecule has 0 fully saturated rings. The second kappa shape index (κ2) is 5.03. The van der Waals surface area contributed by atoms with Gasteiger partial charge in [0.2, 0.25) is 3.79 Å². The summed E-state index contributed by atoms with van der Waals surface area (Å²) in [5.41, 5.74) is 0.524. The maximum atomic E-state index is 11.3. The molecule has 1 unspecified atom stereocenters. The molecule has 0 aliphatic rings. The molecule has 1 rings (SSSR count). The number of benzene rings is 1. The minimum absolute atomic E-state index is 0.524. The molecule has 2 N–H and O–H groups in total. The van der Waals surface area contributed by atoms with Crippen molar-refractivity contribution in [1.29, 1.82) is 0 Å². The van der Waals surface area contributed by atoms with Crippen LogP contribution in [-0.2, 0) is 4.79 Å². The van der Waals surface area contributed by atoms with Gasteiger partial charge in [-0.3, -0.25) is 4.79 Å². The normalized spacial score (nSPS) is 13.3. The number of halogens is 3. The minimum Gasteiger partial charge on any atom is -0.379 e. The number of aliphatic hydroxyl groups is 1. The molecule has 3 nitrogen and oxygen atoms in total. The number of amides is 1. The van der Waals surface area contributed by atoms with Gasteiger partial charge in [-0.05, 0) is 12.1 Å². The summed E-state index contributed by atoms with van der Waals surface area (Å²) in [6.45, 7) is 0. The second-order valence-electron chi connectivity index (χ2n) is 2.80.